The fraction of sp³-hybridized carbons (Fsp3) is 0.304. The molecule has 2 N–H and O–H groups in total. The quantitative estimate of drug-likeness (QED) is 0.605. The van der Waals surface area contributed by atoms with E-state index in [1.807, 2.05) is 49.4 Å². The first-order valence-corrected chi connectivity index (χ1v) is 10.6. The van der Waals surface area contributed by atoms with Crippen molar-refractivity contribution in [2.45, 2.75) is 39.5 Å². The van der Waals surface area contributed by atoms with E-state index in [2.05, 4.69) is 17.6 Å². The van der Waals surface area contributed by atoms with Gasteiger partial charge in [0.25, 0.3) is 5.91 Å². The fourth-order valence-corrected chi connectivity index (χ4v) is 5.24. The predicted molar refractivity (Wildman–Crippen MR) is 116 cm³/mol. The number of fused-ring (bicyclic) bond motifs is 2. The summed E-state index contributed by atoms with van der Waals surface area (Å²) in [6, 6.07) is 13.9. The number of thiophene rings is 1. The van der Waals surface area contributed by atoms with Crippen molar-refractivity contribution in [3.63, 3.8) is 0 Å². The highest BCUT2D eigenvalue weighted by atomic mass is 32.1. The van der Waals surface area contributed by atoms with Crippen molar-refractivity contribution in [3.05, 3.63) is 58.5 Å². The van der Waals surface area contributed by atoms with Crippen molar-refractivity contribution >= 4 is 44.6 Å². The third kappa shape index (κ3) is 3.54. The molecule has 0 saturated heterocycles. The van der Waals surface area contributed by atoms with E-state index in [1.54, 1.807) is 11.3 Å². The van der Waals surface area contributed by atoms with Crippen LogP contribution in [0.15, 0.2) is 42.5 Å². The van der Waals surface area contributed by atoms with Gasteiger partial charge in [0.1, 0.15) is 5.00 Å². The summed E-state index contributed by atoms with van der Waals surface area (Å²) in [5.74, 6) is 0.399. The zero-order valence-electron chi connectivity index (χ0n) is 16.2. The van der Waals surface area contributed by atoms with Crippen molar-refractivity contribution in [2.75, 3.05) is 10.6 Å². The third-order valence-electron chi connectivity index (χ3n) is 5.35. The topological polar surface area (TPSA) is 58.2 Å². The smallest absolute Gasteiger partial charge is 0.258 e. The molecule has 1 aliphatic carbocycles. The van der Waals surface area contributed by atoms with Gasteiger partial charge in [-0.3, -0.25) is 9.59 Å². The van der Waals surface area contributed by atoms with Gasteiger partial charge in [-0.15, -0.1) is 11.3 Å². The van der Waals surface area contributed by atoms with Crippen molar-refractivity contribution < 1.29 is 9.59 Å². The fourth-order valence-electron chi connectivity index (χ4n) is 3.81. The van der Waals surface area contributed by atoms with Crippen LogP contribution in [0.1, 0.15) is 47.5 Å². The molecule has 0 unspecified atom stereocenters. The molecule has 1 heterocycles. The number of rotatable bonds is 4. The van der Waals surface area contributed by atoms with Gasteiger partial charge in [-0.05, 0) is 42.2 Å². The Morgan fingerprint density at radius 1 is 1.11 bits per heavy atom. The Labute approximate surface area is 169 Å². The number of carbonyl (C=O) groups is 2. The zero-order chi connectivity index (χ0) is 19.7. The van der Waals surface area contributed by atoms with Crippen molar-refractivity contribution in [1.82, 2.24) is 0 Å². The molecule has 0 aliphatic heterocycles. The van der Waals surface area contributed by atoms with Crippen LogP contribution in [0.5, 0.6) is 0 Å². The SMILES string of the molecule is CCC(=O)Nc1sc2c(c1C(=O)Nc1cccc3ccccc13)CC[C@@H](C)C2. The molecule has 1 aliphatic rings. The van der Waals surface area contributed by atoms with E-state index < -0.39 is 0 Å². The minimum atomic E-state index is -0.144. The summed E-state index contributed by atoms with van der Waals surface area (Å²) in [5, 5.41) is 8.83. The molecule has 28 heavy (non-hydrogen) atoms. The van der Waals surface area contributed by atoms with Gasteiger partial charge in [0.2, 0.25) is 5.91 Å². The van der Waals surface area contributed by atoms with Crippen LogP contribution < -0.4 is 10.6 Å². The summed E-state index contributed by atoms with van der Waals surface area (Å²) in [7, 11) is 0. The van der Waals surface area contributed by atoms with E-state index in [0.29, 0.717) is 22.9 Å². The van der Waals surface area contributed by atoms with Gasteiger partial charge in [-0.25, -0.2) is 0 Å². The Morgan fingerprint density at radius 3 is 2.71 bits per heavy atom. The molecule has 5 heteroatoms. The van der Waals surface area contributed by atoms with Gasteiger partial charge < -0.3 is 10.6 Å². The maximum atomic E-state index is 13.3. The minimum Gasteiger partial charge on any atom is -0.321 e. The number of benzene rings is 2. The summed E-state index contributed by atoms with van der Waals surface area (Å²) >= 11 is 1.56. The highest BCUT2D eigenvalue weighted by Crippen LogP contribution is 2.40. The summed E-state index contributed by atoms with van der Waals surface area (Å²) in [6.45, 7) is 4.06. The summed E-state index contributed by atoms with van der Waals surface area (Å²) in [5.41, 5.74) is 2.54. The van der Waals surface area contributed by atoms with Crippen LogP contribution in [0.3, 0.4) is 0 Å². The molecule has 1 atom stereocenters. The number of nitrogens with one attached hydrogen (secondary N) is 2. The molecular weight excluding hydrogens is 368 g/mol. The van der Waals surface area contributed by atoms with E-state index in [9.17, 15) is 9.59 Å². The Bertz CT molecular complexity index is 1050. The van der Waals surface area contributed by atoms with E-state index in [-0.39, 0.29) is 11.8 Å². The second-order valence-corrected chi connectivity index (χ2v) is 8.54. The molecule has 0 spiro atoms. The molecule has 0 fully saturated rings. The highest BCUT2D eigenvalue weighted by molar-refractivity contribution is 7.17. The molecule has 2 aromatic carbocycles. The molecule has 1 aromatic heterocycles. The van der Waals surface area contributed by atoms with Gasteiger partial charge in [-0.2, -0.15) is 0 Å². The van der Waals surface area contributed by atoms with Gasteiger partial charge in [-0.1, -0.05) is 50.2 Å². The Balaban J connectivity index is 1.72. The number of amides is 2. The Kier molecular flexibility index (Phi) is 5.18. The van der Waals surface area contributed by atoms with Gasteiger partial charge in [0.05, 0.1) is 5.56 Å². The summed E-state index contributed by atoms with van der Waals surface area (Å²) < 4.78 is 0. The molecular formula is C23H24N2O2S. The maximum Gasteiger partial charge on any atom is 0.258 e. The molecule has 3 aromatic rings. The van der Waals surface area contributed by atoms with Gasteiger partial charge >= 0.3 is 0 Å². The molecule has 144 valence electrons. The first-order valence-electron chi connectivity index (χ1n) is 9.80. The average molecular weight is 393 g/mol. The van der Waals surface area contributed by atoms with Crippen molar-refractivity contribution in [1.29, 1.82) is 0 Å². The monoisotopic (exact) mass is 392 g/mol. The lowest BCUT2D eigenvalue weighted by Crippen LogP contribution is -2.19. The van der Waals surface area contributed by atoms with Gasteiger partial charge in [0, 0.05) is 22.4 Å². The molecule has 0 saturated carbocycles. The number of carbonyl (C=O) groups excluding carboxylic acids is 2. The van der Waals surface area contributed by atoms with Crippen LogP contribution in [-0.2, 0) is 17.6 Å². The van der Waals surface area contributed by atoms with Crippen LogP contribution in [0.25, 0.3) is 10.8 Å². The lowest BCUT2D eigenvalue weighted by molar-refractivity contribution is -0.115. The largest absolute Gasteiger partial charge is 0.321 e. The van der Waals surface area contributed by atoms with Crippen LogP contribution in [-0.4, -0.2) is 11.8 Å². The van der Waals surface area contributed by atoms with Crippen molar-refractivity contribution in [2.24, 2.45) is 5.92 Å². The second kappa shape index (κ2) is 7.76. The summed E-state index contributed by atoms with van der Waals surface area (Å²) in [4.78, 5) is 26.6. The van der Waals surface area contributed by atoms with E-state index in [1.165, 1.54) is 4.88 Å². The zero-order valence-corrected chi connectivity index (χ0v) is 17.0. The minimum absolute atomic E-state index is 0.0640. The number of anilines is 2. The normalized spacial score (nSPS) is 15.9. The summed E-state index contributed by atoms with van der Waals surface area (Å²) in [6.07, 6.45) is 3.31. The second-order valence-electron chi connectivity index (χ2n) is 7.44. The van der Waals surface area contributed by atoms with Crippen LogP contribution in [0.2, 0.25) is 0 Å². The maximum absolute atomic E-state index is 13.3. The lowest BCUT2D eigenvalue weighted by Gasteiger charge is -2.19. The number of hydrogen-bond donors (Lipinski definition) is 2. The van der Waals surface area contributed by atoms with Crippen LogP contribution >= 0.6 is 11.3 Å². The molecule has 2 amide bonds. The molecule has 4 nitrogen and oxygen atoms in total. The molecule has 0 bridgehead atoms. The van der Waals surface area contributed by atoms with Crippen molar-refractivity contribution in [3.8, 4) is 0 Å². The molecule has 0 radical (unpaired) electrons. The highest BCUT2D eigenvalue weighted by Gasteiger charge is 2.28. The standard InChI is InChI=1S/C23H24N2O2S/c1-3-20(26)25-23-21(17-12-11-14(2)13-19(17)28-23)22(27)24-18-10-6-8-15-7-4-5-9-16(15)18/h4-10,14H,3,11-13H2,1-2H3,(H,24,27)(H,25,26)/t14-/m1/s1. The van der Waals surface area contributed by atoms with E-state index in [0.717, 1.165) is 41.3 Å². The first kappa shape index (κ1) is 18.7. The Morgan fingerprint density at radius 2 is 1.89 bits per heavy atom. The lowest BCUT2D eigenvalue weighted by atomic mass is 9.88. The Hall–Kier alpha value is -2.66. The average Bonchev–Trinajstić information content (AvgIpc) is 3.04. The van der Waals surface area contributed by atoms with E-state index >= 15 is 0 Å². The first-order chi connectivity index (χ1) is 13.6. The number of hydrogen-bond acceptors (Lipinski definition) is 3. The van der Waals surface area contributed by atoms with Crippen LogP contribution in [0, 0.1) is 5.92 Å². The van der Waals surface area contributed by atoms with Gasteiger partial charge in [0.15, 0.2) is 0 Å². The van der Waals surface area contributed by atoms with E-state index in [4.69, 9.17) is 0 Å². The van der Waals surface area contributed by atoms with Crippen LogP contribution in [0.4, 0.5) is 10.7 Å². The third-order valence-corrected chi connectivity index (χ3v) is 6.52. The molecule has 4 rings (SSSR count). The predicted octanol–water partition coefficient (Wildman–Crippen LogP) is 5.63.